The summed E-state index contributed by atoms with van der Waals surface area (Å²) in [5.74, 6) is 0.369. The van der Waals surface area contributed by atoms with Gasteiger partial charge in [-0.3, -0.25) is 14.4 Å². The lowest BCUT2D eigenvalue weighted by molar-refractivity contribution is -0.125. The zero-order chi connectivity index (χ0) is 67.2. The SMILES string of the molecule is CCCOC(=O)N1C2CCC1CC(N1CCC3(CC1)CN(C(=O)C1CCC1)c1ccc(F)cc13)C2.CCOC(=O)N1CCC(N2CCC3(CC2)CN(CC(=O)CC)c2ccc(F)cc23)CC1.O=C(O[C@H]1CCOC1)N1C2CCC1CC(N1CCC3(CC1)C(=O)Nc1ccccc13)C2.[HH]. The first-order valence-electron chi connectivity index (χ1n) is 37.3. The van der Waals surface area contributed by atoms with Crippen LogP contribution in [-0.2, 0) is 49.6 Å². The van der Waals surface area contributed by atoms with Crippen LogP contribution in [0.5, 0.6) is 0 Å². The maximum Gasteiger partial charge on any atom is 0.410 e. The molecule has 1 aliphatic carbocycles. The van der Waals surface area contributed by atoms with Crippen LogP contribution in [-0.4, -0.2) is 212 Å². The van der Waals surface area contributed by atoms with Crippen molar-refractivity contribution in [1.29, 1.82) is 0 Å². The fourth-order valence-corrected chi connectivity index (χ4v) is 19.7. The van der Waals surface area contributed by atoms with Crippen molar-refractivity contribution >= 4 is 52.9 Å². The number of hydrogen-bond donors (Lipinski definition) is 1. The quantitative estimate of drug-likeness (QED) is 0.179. The van der Waals surface area contributed by atoms with Crippen LogP contribution < -0.4 is 15.1 Å². The lowest BCUT2D eigenvalue weighted by Gasteiger charge is -2.47. The first-order valence-corrected chi connectivity index (χ1v) is 37.3. The summed E-state index contributed by atoms with van der Waals surface area (Å²) in [6.45, 7) is 17.0. The van der Waals surface area contributed by atoms with Gasteiger partial charge in [-0.15, -0.1) is 0 Å². The number of nitrogens with one attached hydrogen (secondary N) is 1. The van der Waals surface area contributed by atoms with Crippen LogP contribution >= 0.6 is 0 Å². The van der Waals surface area contributed by atoms with Gasteiger partial charge in [0.1, 0.15) is 17.7 Å². The molecule has 10 fully saturated rings. The Morgan fingerprint density at radius 3 is 1.70 bits per heavy atom. The number of amides is 5. The molecule has 0 radical (unpaired) electrons. The summed E-state index contributed by atoms with van der Waals surface area (Å²) in [6.07, 6.45) is 20.6. The van der Waals surface area contributed by atoms with Crippen LogP contribution in [0.1, 0.15) is 180 Å². The molecule has 21 heteroatoms. The minimum atomic E-state index is -0.361. The molecule has 13 aliphatic rings. The second-order valence-corrected chi connectivity index (χ2v) is 30.6. The summed E-state index contributed by atoms with van der Waals surface area (Å²) in [5.41, 5.74) is 5.66. The highest BCUT2D eigenvalue weighted by Gasteiger charge is 2.54. The van der Waals surface area contributed by atoms with Crippen molar-refractivity contribution in [1.82, 2.24) is 29.4 Å². The number of nitrogens with zero attached hydrogens (tertiary/aromatic N) is 8. The van der Waals surface area contributed by atoms with Gasteiger partial charge in [-0.2, -0.15) is 0 Å². The molecule has 1 saturated carbocycles. The maximum atomic E-state index is 14.3. The number of carbonyl (C=O) groups is 6. The van der Waals surface area contributed by atoms with Crippen LogP contribution in [0.15, 0.2) is 60.7 Å². The third-order valence-electron chi connectivity index (χ3n) is 25.4. The van der Waals surface area contributed by atoms with Crippen molar-refractivity contribution in [2.45, 2.75) is 227 Å². The van der Waals surface area contributed by atoms with E-state index in [4.69, 9.17) is 18.9 Å². The molecule has 3 aromatic carbocycles. The van der Waals surface area contributed by atoms with E-state index >= 15 is 0 Å². The molecule has 12 heterocycles. The second kappa shape index (κ2) is 28.7. The van der Waals surface area contributed by atoms with E-state index in [9.17, 15) is 37.5 Å². The minimum Gasteiger partial charge on any atom is -0.450 e. The standard InChI is InChI=1S/C28H38FN3O3.C24H34FN3O3.C24H31N3O4.H2/c1-2-14-35-27(34)32-21-7-8-22(32)17-23(16-21)30-12-10-28(11-13-30)18-31(26(33)19-4-3-5-19)25-9-6-20(29)15-24(25)28;1-3-20(29)16-28-17-24(21-15-18(25)5-6-22(21)28)9-13-26(14-10-24)19-7-11-27(12-8-19)23(30)31-4-2;28-22-24(20-3-1-2-4-21(20)25-22)8-10-26(11-9-24)18-13-16-5-6-17(14-18)27(16)23(29)31-19-7-12-30-15-19;/h6,9,15,19,21-23H,2-5,7-8,10-14,16-18H2,1H3;5-6,15,19H,3-4,7-14,16-17H2,1-2H3;1-4,16-19H,5-15H2,(H,25,28);1H/t;;16?,17?,18?,19-;/m..0./s1. The number of likely N-dealkylation sites (tertiary alicyclic amines) is 4. The second-order valence-electron chi connectivity index (χ2n) is 30.6. The van der Waals surface area contributed by atoms with E-state index in [0.717, 1.165) is 222 Å². The van der Waals surface area contributed by atoms with Crippen LogP contribution in [0.4, 0.5) is 40.2 Å². The zero-order valence-electron chi connectivity index (χ0n) is 57.5. The van der Waals surface area contributed by atoms with E-state index < -0.39 is 0 Å². The Bertz CT molecular complexity index is 3350. The molecule has 97 heavy (non-hydrogen) atoms. The summed E-state index contributed by atoms with van der Waals surface area (Å²) >= 11 is 0. The number of benzene rings is 3. The number of carbonyl (C=O) groups excluding carboxylic acids is 6. The third kappa shape index (κ3) is 13.4. The average molecular weight is 1340 g/mol. The van der Waals surface area contributed by atoms with Crippen molar-refractivity contribution in [3.63, 3.8) is 0 Å². The topological polar surface area (TPSA) is 177 Å². The molecular formula is C76H105F2N9O10. The number of halogens is 2. The molecule has 5 amide bonds. The van der Waals surface area contributed by atoms with E-state index in [-0.39, 0.29) is 101 Å². The van der Waals surface area contributed by atoms with Gasteiger partial charge in [-0.1, -0.05) is 38.5 Å². The van der Waals surface area contributed by atoms with Gasteiger partial charge in [0.15, 0.2) is 5.78 Å². The number of anilines is 3. The minimum absolute atomic E-state index is 0. The number of piperidine rings is 6. The molecule has 0 aromatic heterocycles. The van der Waals surface area contributed by atoms with Crippen molar-refractivity contribution in [2.75, 3.05) is 114 Å². The maximum absolute atomic E-state index is 14.3. The normalized spacial score (nSPS) is 28.5. The summed E-state index contributed by atoms with van der Waals surface area (Å²) in [5, 5.41) is 3.10. The summed E-state index contributed by atoms with van der Waals surface area (Å²) in [4.78, 5) is 93.3. The lowest BCUT2D eigenvalue weighted by atomic mass is 9.73. The molecule has 19 nitrogen and oxygen atoms in total. The smallest absolute Gasteiger partial charge is 0.410 e. The predicted octanol–water partition coefficient (Wildman–Crippen LogP) is 11.6. The average Bonchev–Trinajstić information content (AvgIpc) is 1.57. The number of ketones is 1. The van der Waals surface area contributed by atoms with E-state index in [1.807, 2.05) is 70.7 Å². The van der Waals surface area contributed by atoms with Gasteiger partial charge in [0.2, 0.25) is 11.8 Å². The molecule has 9 saturated heterocycles. The van der Waals surface area contributed by atoms with Crippen molar-refractivity contribution < 1.29 is 57.9 Å². The van der Waals surface area contributed by atoms with Crippen molar-refractivity contribution in [3.8, 4) is 0 Å². The third-order valence-corrected chi connectivity index (χ3v) is 25.4. The number of para-hydroxylation sites is 1. The van der Waals surface area contributed by atoms with Gasteiger partial charge in [0.05, 0.1) is 38.4 Å². The molecular weight excluding hydrogens is 1240 g/mol. The molecule has 3 spiro atoms. The number of hydrogen-bond acceptors (Lipinski definition) is 14. The van der Waals surface area contributed by atoms with E-state index in [1.54, 1.807) is 12.1 Å². The fraction of sp³-hybridized carbons (Fsp3) is 0.684. The van der Waals surface area contributed by atoms with Gasteiger partial charge in [0.25, 0.3) is 0 Å². The van der Waals surface area contributed by atoms with Gasteiger partial charge < -0.3 is 63.5 Å². The first-order chi connectivity index (χ1) is 47.1. The predicted molar refractivity (Wildman–Crippen MR) is 367 cm³/mol. The molecule has 4 unspecified atom stereocenters. The lowest BCUT2D eigenvalue weighted by Crippen LogP contribution is -2.56. The van der Waals surface area contributed by atoms with Crippen LogP contribution in [0.3, 0.4) is 0 Å². The Balaban J connectivity index is 0.000000132. The largest absolute Gasteiger partial charge is 0.450 e. The van der Waals surface area contributed by atoms with Crippen molar-refractivity contribution in [3.05, 3.63) is 89.0 Å². The first kappa shape index (κ1) is 67.7. The molecule has 12 aliphatic heterocycles. The molecule has 5 atom stereocenters. The Morgan fingerprint density at radius 2 is 1.14 bits per heavy atom. The fourth-order valence-electron chi connectivity index (χ4n) is 19.7. The number of rotatable bonds is 11. The Kier molecular flexibility index (Phi) is 20.0. The summed E-state index contributed by atoms with van der Waals surface area (Å²) in [7, 11) is 0. The van der Waals surface area contributed by atoms with Crippen molar-refractivity contribution in [2.24, 2.45) is 5.92 Å². The Labute approximate surface area is 573 Å². The van der Waals surface area contributed by atoms with E-state index in [0.29, 0.717) is 64.1 Å². The molecule has 3 aromatic rings. The van der Waals surface area contributed by atoms with E-state index in [2.05, 4.69) is 31.0 Å². The molecule has 528 valence electrons. The van der Waals surface area contributed by atoms with Crippen LogP contribution in [0.2, 0.25) is 0 Å². The highest BCUT2D eigenvalue weighted by Crippen LogP contribution is 2.52. The number of Topliss-reactive ketones (excluding diaryl/α,β-unsaturated/α-hetero) is 1. The van der Waals surface area contributed by atoms with Gasteiger partial charge in [-0.05, 0) is 227 Å². The Hall–Kier alpha value is -6.42. The van der Waals surface area contributed by atoms with Crippen LogP contribution in [0.25, 0.3) is 0 Å². The number of fused-ring (bicyclic) bond motifs is 10. The summed E-state index contributed by atoms with van der Waals surface area (Å²) in [6, 6.07) is 20.8. The highest BCUT2D eigenvalue weighted by atomic mass is 19.1. The zero-order valence-corrected chi connectivity index (χ0v) is 57.5. The van der Waals surface area contributed by atoms with Gasteiger partial charge in [-0.25, -0.2) is 23.2 Å². The van der Waals surface area contributed by atoms with Gasteiger partial charge in [0, 0.05) is 117 Å². The van der Waals surface area contributed by atoms with Gasteiger partial charge >= 0.3 is 18.3 Å². The highest BCUT2D eigenvalue weighted by molar-refractivity contribution is 6.06. The van der Waals surface area contributed by atoms with Crippen LogP contribution in [0, 0.1) is 17.6 Å². The monoisotopic (exact) mass is 1340 g/mol. The number of ether oxygens (including phenoxy) is 4. The molecule has 16 rings (SSSR count). The van der Waals surface area contributed by atoms with E-state index in [1.165, 1.54) is 17.7 Å². The molecule has 4 bridgehead atoms. The summed E-state index contributed by atoms with van der Waals surface area (Å²) < 4.78 is 50.2. The Morgan fingerprint density at radius 1 is 0.588 bits per heavy atom. The molecule has 1 N–H and O–H groups in total.